The minimum Gasteiger partial charge on any atom is -0.387 e. The fraction of sp³-hybridized carbons (Fsp3) is 0.357. The first kappa shape index (κ1) is 11.1. The highest BCUT2D eigenvalue weighted by molar-refractivity contribution is 5.69. The molecule has 1 saturated carbocycles. The second-order valence-corrected chi connectivity index (χ2v) is 5.49. The van der Waals surface area contributed by atoms with Crippen LogP contribution in [-0.4, -0.2) is 26.2 Å². The lowest BCUT2D eigenvalue weighted by Gasteiger charge is -2.47. The molecule has 3 nitrogen and oxygen atoms in total. The smallest absolute Gasteiger partial charge is 0.253 e. The quantitative estimate of drug-likeness (QED) is 0.857. The Morgan fingerprint density at radius 3 is 2.74 bits per heavy atom. The third-order valence-corrected chi connectivity index (χ3v) is 4.11. The Balaban J connectivity index is 1.86. The van der Waals surface area contributed by atoms with Gasteiger partial charge in [0.05, 0.1) is 24.3 Å². The van der Waals surface area contributed by atoms with E-state index in [9.17, 15) is 13.9 Å². The van der Waals surface area contributed by atoms with Crippen LogP contribution in [0.3, 0.4) is 0 Å². The summed E-state index contributed by atoms with van der Waals surface area (Å²) in [4.78, 5) is 4.07. The number of aromatic nitrogens is 2. The summed E-state index contributed by atoms with van der Waals surface area (Å²) in [6.45, 7) is 0. The summed E-state index contributed by atoms with van der Waals surface area (Å²) in [6, 6.07) is 7.13. The number of rotatable bonds is 1. The lowest BCUT2D eigenvalue weighted by molar-refractivity contribution is -0.217. The van der Waals surface area contributed by atoms with Crippen molar-refractivity contribution in [1.29, 1.82) is 0 Å². The summed E-state index contributed by atoms with van der Waals surface area (Å²) in [7, 11) is 0. The van der Waals surface area contributed by atoms with Gasteiger partial charge in [-0.15, -0.1) is 0 Å². The van der Waals surface area contributed by atoms with Gasteiger partial charge in [-0.05, 0) is 5.56 Å². The van der Waals surface area contributed by atoms with Gasteiger partial charge in [-0.25, -0.2) is 13.8 Å². The molecule has 4 rings (SSSR count). The molecule has 1 N–H and O–H groups in total. The van der Waals surface area contributed by atoms with Crippen molar-refractivity contribution in [2.75, 3.05) is 0 Å². The highest BCUT2D eigenvalue weighted by Gasteiger charge is 2.61. The molecule has 2 aliphatic rings. The standard InChI is InChI=1S/C14H12F2N2O/c15-14(16)6-13(19,7-14)12-10-4-2-1-3-9(10)11-5-17-8-18(11)12/h1-5,8,12,19H,6-7H2/t12-/m0/s1. The zero-order chi connectivity index (χ0) is 13.3. The summed E-state index contributed by atoms with van der Waals surface area (Å²) >= 11 is 0. The van der Waals surface area contributed by atoms with Gasteiger partial charge in [-0.2, -0.15) is 0 Å². The summed E-state index contributed by atoms with van der Waals surface area (Å²) in [5.74, 6) is -2.76. The lowest BCUT2D eigenvalue weighted by Crippen LogP contribution is -2.56. The molecule has 98 valence electrons. The van der Waals surface area contributed by atoms with Crippen molar-refractivity contribution in [3.05, 3.63) is 42.4 Å². The molecular formula is C14H12F2N2O. The Kier molecular flexibility index (Phi) is 1.88. The molecule has 19 heavy (non-hydrogen) atoms. The topological polar surface area (TPSA) is 38.1 Å². The minimum absolute atomic E-state index is 0.458. The normalized spacial score (nSPS) is 25.5. The summed E-state index contributed by atoms with van der Waals surface area (Å²) in [5, 5.41) is 10.5. The number of aliphatic hydroxyl groups is 1. The Morgan fingerprint density at radius 2 is 2.00 bits per heavy atom. The van der Waals surface area contributed by atoms with Crippen LogP contribution in [-0.2, 0) is 0 Å². The van der Waals surface area contributed by atoms with Crippen LogP contribution in [0.4, 0.5) is 8.78 Å². The maximum absolute atomic E-state index is 13.2. The predicted octanol–water partition coefficient (Wildman–Crippen LogP) is 2.61. The van der Waals surface area contributed by atoms with Crippen molar-refractivity contribution in [3.63, 3.8) is 0 Å². The van der Waals surface area contributed by atoms with Crippen molar-refractivity contribution < 1.29 is 13.9 Å². The van der Waals surface area contributed by atoms with Gasteiger partial charge in [-0.3, -0.25) is 0 Å². The van der Waals surface area contributed by atoms with Crippen molar-refractivity contribution in [2.24, 2.45) is 0 Å². The largest absolute Gasteiger partial charge is 0.387 e. The highest BCUT2D eigenvalue weighted by Crippen LogP contribution is 2.56. The molecule has 0 amide bonds. The summed E-state index contributed by atoms with van der Waals surface area (Å²) in [6.07, 6.45) is 2.33. The van der Waals surface area contributed by atoms with Crippen molar-refractivity contribution in [2.45, 2.75) is 30.4 Å². The van der Waals surface area contributed by atoms with E-state index in [0.29, 0.717) is 0 Å². The Hall–Kier alpha value is -1.75. The number of alkyl halides is 2. The first-order valence-electron chi connectivity index (χ1n) is 6.22. The van der Waals surface area contributed by atoms with Gasteiger partial charge in [-0.1, -0.05) is 24.3 Å². The Bertz CT molecular complexity index is 657. The second-order valence-electron chi connectivity index (χ2n) is 5.49. The first-order valence-corrected chi connectivity index (χ1v) is 6.22. The fourth-order valence-electron chi connectivity index (χ4n) is 3.42. The summed E-state index contributed by atoms with van der Waals surface area (Å²) < 4.78 is 28.2. The number of hydrogen-bond donors (Lipinski definition) is 1. The first-order chi connectivity index (χ1) is 9.00. The SMILES string of the molecule is OC1([C@@H]2c3ccccc3-c3cncn32)CC(F)(F)C1. The van der Waals surface area contributed by atoms with E-state index in [0.717, 1.165) is 16.8 Å². The molecule has 5 heteroatoms. The van der Waals surface area contributed by atoms with Crippen LogP contribution in [0.5, 0.6) is 0 Å². The maximum atomic E-state index is 13.2. The third-order valence-electron chi connectivity index (χ3n) is 4.11. The van der Waals surface area contributed by atoms with E-state index in [1.807, 2.05) is 24.3 Å². The van der Waals surface area contributed by atoms with E-state index in [4.69, 9.17) is 0 Å². The molecule has 1 fully saturated rings. The van der Waals surface area contributed by atoms with Crippen LogP contribution in [0.25, 0.3) is 11.3 Å². The lowest BCUT2D eigenvalue weighted by atomic mass is 9.70. The van der Waals surface area contributed by atoms with Gasteiger partial charge in [0.1, 0.15) is 5.60 Å². The summed E-state index contributed by atoms with van der Waals surface area (Å²) in [5.41, 5.74) is 1.36. The van der Waals surface area contributed by atoms with Crippen molar-refractivity contribution >= 4 is 0 Å². The van der Waals surface area contributed by atoms with Gasteiger partial charge in [0.25, 0.3) is 5.92 Å². The molecule has 1 atom stereocenters. The van der Waals surface area contributed by atoms with Crippen molar-refractivity contribution in [3.8, 4) is 11.3 Å². The monoisotopic (exact) mass is 262 g/mol. The van der Waals surface area contributed by atoms with Gasteiger partial charge in [0.2, 0.25) is 0 Å². The molecule has 1 aromatic heterocycles. The average Bonchev–Trinajstić information content (AvgIpc) is 2.84. The number of benzene rings is 1. The van der Waals surface area contributed by atoms with Crippen LogP contribution in [0, 0.1) is 0 Å². The van der Waals surface area contributed by atoms with Crippen LogP contribution < -0.4 is 0 Å². The molecule has 1 aromatic carbocycles. The molecule has 0 bridgehead atoms. The Labute approximate surface area is 108 Å². The average molecular weight is 262 g/mol. The van der Waals surface area contributed by atoms with Crippen LogP contribution >= 0.6 is 0 Å². The fourth-order valence-corrected chi connectivity index (χ4v) is 3.42. The second kappa shape index (κ2) is 3.22. The number of halogens is 2. The molecule has 2 aromatic rings. The number of nitrogens with zero attached hydrogens (tertiary/aromatic N) is 2. The molecule has 2 heterocycles. The van der Waals surface area contributed by atoms with E-state index < -0.39 is 30.4 Å². The van der Waals surface area contributed by atoms with E-state index in [2.05, 4.69) is 4.98 Å². The van der Waals surface area contributed by atoms with E-state index in [1.165, 1.54) is 0 Å². The predicted molar refractivity (Wildman–Crippen MR) is 64.9 cm³/mol. The highest BCUT2D eigenvalue weighted by atomic mass is 19.3. The minimum atomic E-state index is -2.76. The molecule has 1 aliphatic heterocycles. The van der Waals surface area contributed by atoms with E-state index >= 15 is 0 Å². The molecule has 0 unspecified atom stereocenters. The third kappa shape index (κ3) is 1.36. The van der Waals surface area contributed by atoms with Gasteiger partial charge < -0.3 is 9.67 Å². The zero-order valence-corrected chi connectivity index (χ0v) is 10.1. The maximum Gasteiger partial charge on any atom is 0.253 e. The molecule has 0 radical (unpaired) electrons. The molecule has 0 saturated heterocycles. The zero-order valence-electron chi connectivity index (χ0n) is 10.1. The molecule has 1 aliphatic carbocycles. The van der Waals surface area contributed by atoms with E-state index in [-0.39, 0.29) is 0 Å². The van der Waals surface area contributed by atoms with Crippen LogP contribution in [0.15, 0.2) is 36.8 Å². The van der Waals surface area contributed by atoms with Crippen LogP contribution in [0.2, 0.25) is 0 Å². The van der Waals surface area contributed by atoms with Gasteiger partial charge >= 0.3 is 0 Å². The number of fused-ring (bicyclic) bond motifs is 3. The number of imidazole rings is 1. The number of hydrogen-bond acceptors (Lipinski definition) is 2. The van der Waals surface area contributed by atoms with Gasteiger partial charge in [0, 0.05) is 18.4 Å². The van der Waals surface area contributed by atoms with Crippen LogP contribution in [0.1, 0.15) is 24.4 Å². The van der Waals surface area contributed by atoms with Gasteiger partial charge in [0.15, 0.2) is 0 Å². The molecular weight excluding hydrogens is 250 g/mol. The molecule has 0 spiro atoms. The van der Waals surface area contributed by atoms with E-state index in [1.54, 1.807) is 17.1 Å². The Morgan fingerprint density at radius 1 is 1.26 bits per heavy atom. The van der Waals surface area contributed by atoms with Crippen molar-refractivity contribution in [1.82, 2.24) is 9.55 Å².